The third-order valence-electron chi connectivity index (χ3n) is 4.82. The van der Waals surface area contributed by atoms with Crippen molar-refractivity contribution in [3.8, 4) is 0 Å². The Morgan fingerprint density at radius 1 is 0.667 bits per heavy atom. The van der Waals surface area contributed by atoms with Gasteiger partial charge in [-0.25, -0.2) is 16.8 Å². The van der Waals surface area contributed by atoms with Crippen molar-refractivity contribution in [2.45, 2.75) is 36.1 Å². The summed E-state index contributed by atoms with van der Waals surface area (Å²) >= 11 is 6.61. The van der Waals surface area contributed by atoms with Crippen molar-refractivity contribution in [1.82, 2.24) is 13.5 Å². The first-order chi connectivity index (χ1) is 13.8. The minimum absolute atomic E-state index is 0.0915. The molecule has 0 aromatic heterocycles. The first kappa shape index (κ1) is 23.8. The minimum Gasteiger partial charge on any atom is -0.271 e. The van der Waals surface area contributed by atoms with Crippen LogP contribution < -0.4 is 0 Å². The van der Waals surface area contributed by atoms with Crippen molar-refractivity contribution in [3.05, 3.63) is 57.5 Å². The number of sulfonamides is 2. The summed E-state index contributed by atoms with van der Waals surface area (Å²) in [4.78, 5) is 2.05. The van der Waals surface area contributed by atoms with Crippen molar-refractivity contribution >= 4 is 51.9 Å². The van der Waals surface area contributed by atoms with E-state index >= 15 is 0 Å². The summed E-state index contributed by atoms with van der Waals surface area (Å²) in [5, 5.41) is 0. The Balaban J connectivity index is 2.01. The summed E-state index contributed by atoms with van der Waals surface area (Å²) in [6.07, 6.45) is 0. The molecule has 0 atom stereocenters. The van der Waals surface area contributed by atoms with Crippen LogP contribution in [0.4, 0.5) is 0 Å². The van der Waals surface area contributed by atoms with Gasteiger partial charge in [-0.1, -0.05) is 31.9 Å². The second-order valence-corrected chi connectivity index (χ2v) is 13.7. The van der Waals surface area contributed by atoms with E-state index in [1.807, 2.05) is 25.7 Å². The van der Waals surface area contributed by atoms with Crippen molar-refractivity contribution in [1.29, 1.82) is 0 Å². The molecule has 0 radical (unpaired) electrons. The lowest BCUT2D eigenvalue weighted by molar-refractivity contribution is 0.00110. The van der Waals surface area contributed by atoms with E-state index in [4.69, 9.17) is 0 Å². The first-order valence-electron chi connectivity index (χ1n) is 9.08. The monoisotopic (exact) mass is 579 g/mol. The zero-order valence-corrected chi connectivity index (χ0v) is 21.6. The van der Waals surface area contributed by atoms with E-state index < -0.39 is 25.6 Å². The molecule has 0 bridgehead atoms. The van der Waals surface area contributed by atoms with E-state index in [0.29, 0.717) is 0 Å². The molecular formula is C19H23Br2N3O4S2. The Labute approximate surface area is 195 Å². The van der Waals surface area contributed by atoms with Crippen LogP contribution in [0.15, 0.2) is 67.3 Å². The van der Waals surface area contributed by atoms with Crippen LogP contribution in [-0.2, 0) is 20.0 Å². The largest absolute Gasteiger partial charge is 0.271 e. The fourth-order valence-electron chi connectivity index (χ4n) is 2.93. The Morgan fingerprint density at radius 2 is 1.00 bits per heavy atom. The van der Waals surface area contributed by atoms with E-state index in [1.54, 1.807) is 24.3 Å². The molecule has 7 nitrogen and oxygen atoms in total. The van der Waals surface area contributed by atoms with Gasteiger partial charge in [0, 0.05) is 14.5 Å². The van der Waals surface area contributed by atoms with Crippen molar-refractivity contribution in [2.75, 3.05) is 20.0 Å². The smallest absolute Gasteiger partial charge is 0.245 e. The van der Waals surface area contributed by atoms with Crippen LogP contribution in [0.25, 0.3) is 0 Å². The van der Waals surface area contributed by atoms with Gasteiger partial charge in [-0.2, -0.15) is 8.61 Å². The van der Waals surface area contributed by atoms with Gasteiger partial charge in [0.25, 0.3) is 0 Å². The average Bonchev–Trinajstić information content (AvgIpc) is 2.67. The fourth-order valence-corrected chi connectivity index (χ4v) is 6.25. The average molecular weight is 581 g/mol. The number of hydrogen-bond donors (Lipinski definition) is 0. The van der Waals surface area contributed by atoms with Gasteiger partial charge in [0.2, 0.25) is 20.0 Å². The lowest BCUT2D eigenvalue weighted by atomic mass is 10.1. The number of hydrogen-bond acceptors (Lipinski definition) is 5. The molecule has 3 rings (SSSR count). The lowest BCUT2D eigenvalue weighted by Gasteiger charge is -2.46. The Kier molecular flexibility index (Phi) is 6.84. The molecule has 0 N–H and O–H groups in total. The molecule has 0 saturated carbocycles. The van der Waals surface area contributed by atoms with E-state index in [0.717, 1.165) is 8.95 Å². The van der Waals surface area contributed by atoms with Gasteiger partial charge in [-0.05, 0) is 69.3 Å². The van der Waals surface area contributed by atoms with Crippen molar-refractivity contribution in [2.24, 2.45) is 0 Å². The summed E-state index contributed by atoms with van der Waals surface area (Å²) in [7, 11) is -7.79. The summed E-state index contributed by atoms with van der Waals surface area (Å²) in [6.45, 7) is 5.69. The van der Waals surface area contributed by atoms with Crippen LogP contribution in [0.1, 0.15) is 20.8 Å². The van der Waals surface area contributed by atoms with E-state index in [9.17, 15) is 16.8 Å². The maximum absolute atomic E-state index is 13.3. The molecule has 1 fully saturated rings. The molecule has 1 aliphatic rings. The van der Waals surface area contributed by atoms with E-state index in [2.05, 4.69) is 31.9 Å². The zero-order chi connectivity index (χ0) is 22.3. The lowest BCUT2D eigenvalue weighted by Crippen LogP contribution is -2.62. The topological polar surface area (TPSA) is 78.0 Å². The molecule has 1 aliphatic heterocycles. The minimum atomic E-state index is -3.90. The molecular weight excluding hydrogens is 558 g/mol. The number of nitrogens with zero attached hydrogens (tertiary/aromatic N) is 3. The summed E-state index contributed by atoms with van der Waals surface area (Å²) in [5.74, 6) is 0. The zero-order valence-electron chi connectivity index (χ0n) is 16.8. The van der Waals surface area contributed by atoms with Gasteiger partial charge in [0.1, 0.15) is 0 Å². The second kappa shape index (κ2) is 8.61. The normalized spacial score (nSPS) is 17.9. The highest BCUT2D eigenvalue weighted by atomic mass is 79.9. The molecule has 0 amide bonds. The summed E-state index contributed by atoms with van der Waals surface area (Å²) in [5.41, 5.74) is -0.443. The van der Waals surface area contributed by atoms with Crippen molar-refractivity contribution in [3.63, 3.8) is 0 Å². The van der Waals surface area contributed by atoms with Crippen LogP contribution in [-0.4, -0.2) is 55.9 Å². The van der Waals surface area contributed by atoms with Crippen LogP contribution in [0.2, 0.25) is 0 Å². The van der Waals surface area contributed by atoms with Crippen LogP contribution in [0.5, 0.6) is 0 Å². The molecule has 2 aromatic carbocycles. The highest BCUT2D eigenvalue weighted by Crippen LogP contribution is 2.28. The number of benzene rings is 2. The Bertz CT molecular complexity index is 1030. The summed E-state index contributed by atoms with van der Waals surface area (Å²) in [6, 6.07) is 12.6. The first-order valence-corrected chi connectivity index (χ1v) is 13.5. The Morgan fingerprint density at radius 3 is 1.30 bits per heavy atom. The second-order valence-electron chi connectivity index (χ2n) is 7.96. The van der Waals surface area contributed by atoms with Crippen LogP contribution in [0.3, 0.4) is 0 Å². The Hall–Kier alpha value is -0.820. The number of rotatable bonds is 4. The molecule has 1 heterocycles. The standard InChI is InChI=1S/C19H23Br2N3O4S2/c1-19(2,3)22-12-23(29(25,26)17-8-4-15(20)5-9-17)14-24(13-22)30(27,28)18-10-6-16(21)7-11-18/h4-11H,12-14H2,1-3H3. The molecule has 0 unspecified atom stereocenters. The quantitative estimate of drug-likeness (QED) is 0.548. The molecule has 2 aromatic rings. The molecule has 164 valence electrons. The van der Waals surface area contributed by atoms with E-state index in [1.165, 1.54) is 32.9 Å². The maximum Gasteiger partial charge on any atom is 0.245 e. The van der Waals surface area contributed by atoms with Crippen LogP contribution in [0, 0.1) is 0 Å². The van der Waals surface area contributed by atoms with Crippen LogP contribution >= 0.6 is 31.9 Å². The molecule has 0 spiro atoms. The van der Waals surface area contributed by atoms with Gasteiger partial charge < -0.3 is 0 Å². The highest BCUT2D eigenvalue weighted by Gasteiger charge is 2.41. The van der Waals surface area contributed by atoms with E-state index in [-0.39, 0.29) is 29.8 Å². The molecule has 1 saturated heterocycles. The van der Waals surface area contributed by atoms with Gasteiger partial charge in [-0.3, -0.25) is 4.90 Å². The highest BCUT2D eigenvalue weighted by molar-refractivity contribution is 9.10. The maximum atomic E-state index is 13.3. The SMILES string of the molecule is CC(C)(C)N1CN(S(=O)(=O)c2ccc(Br)cc2)CN(S(=O)(=O)c2ccc(Br)cc2)C1. The predicted molar refractivity (Wildman–Crippen MR) is 123 cm³/mol. The third kappa shape index (κ3) is 4.98. The number of halogens is 2. The van der Waals surface area contributed by atoms with Gasteiger partial charge >= 0.3 is 0 Å². The molecule has 0 aliphatic carbocycles. The van der Waals surface area contributed by atoms with Gasteiger partial charge in [-0.15, -0.1) is 0 Å². The third-order valence-corrected chi connectivity index (χ3v) is 9.44. The van der Waals surface area contributed by atoms with Crippen molar-refractivity contribution < 1.29 is 16.8 Å². The predicted octanol–water partition coefficient (Wildman–Crippen LogP) is 3.88. The van der Waals surface area contributed by atoms with Gasteiger partial charge in [0.05, 0.1) is 29.8 Å². The molecule has 11 heteroatoms. The molecule has 30 heavy (non-hydrogen) atoms. The summed E-state index contributed by atoms with van der Waals surface area (Å²) < 4.78 is 57.0. The fraction of sp³-hybridized carbons (Fsp3) is 0.368. The van der Waals surface area contributed by atoms with Gasteiger partial charge in [0.15, 0.2) is 0 Å².